The molecule has 0 saturated heterocycles. The van der Waals surface area contributed by atoms with Crippen molar-refractivity contribution >= 4 is 27.7 Å². The fourth-order valence-electron chi connectivity index (χ4n) is 2.11. The van der Waals surface area contributed by atoms with Crippen molar-refractivity contribution in [1.82, 2.24) is 14.8 Å². The summed E-state index contributed by atoms with van der Waals surface area (Å²) in [7, 11) is 0. The molecular weight excluding hydrogens is 356 g/mol. The molecule has 2 heterocycles. The summed E-state index contributed by atoms with van der Waals surface area (Å²) in [5.41, 5.74) is 2.72. The van der Waals surface area contributed by atoms with E-state index >= 15 is 0 Å². The summed E-state index contributed by atoms with van der Waals surface area (Å²) in [4.78, 5) is 16.2. The van der Waals surface area contributed by atoms with Crippen LogP contribution in [0.1, 0.15) is 21.6 Å². The third-order valence-electron chi connectivity index (χ3n) is 3.31. The number of hydrogen-bond donors (Lipinski definition) is 1. The van der Waals surface area contributed by atoms with Gasteiger partial charge in [0.05, 0.1) is 11.0 Å². The fourth-order valence-corrected chi connectivity index (χ4v) is 2.53. The van der Waals surface area contributed by atoms with Crippen molar-refractivity contribution in [2.24, 2.45) is 0 Å². The number of aromatic nitrogens is 3. The molecule has 3 aromatic rings. The minimum Gasteiger partial charge on any atom is -0.303 e. The summed E-state index contributed by atoms with van der Waals surface area (Å²) in [6.07, 6.45) is 3.42. The smallest absolute Gasteiger partial charge is 0.275 e. The van der Waals surface area contributed by atoms with E-state index in [1.807, 2.05) is 6.20 Å². The largest absolute Gasteiger partial charge is 0.303 e. The number of hydrogen-bond acceptors (Lipinski definition) is 3. The molecule has 5 nitrogen and oxygen atoms in total. The van der Waals surface area contributed by atoms with Gasteiger partial charge in [-0.15, -0.1) is 0 Å². The van der Waals surface area contributed by atoms with E-state index in [-0.39, 0.29) is 5.91 Å². The van der Waals surface area contributed by atoms with E-state index in [1.165, 1.54) is 5.56 Å². The summed E-state index contributed by atoms with van der Waals surface area (Å²) < 4.78 is 2.51. The van der Waals surface area contributed by atoms with Crippen molar-refractivity contribution in [2.75, 3.05) is 5.32 Å². The van der Waals surface area contributed by atoms with Gasteiger partial charge in [0.15, 0.2) is 5.82 Å². The number of pyridine rings is 1. The first-order valence-electron chi connectivity index (χ1n) is 7.13. The quantitative estimate of drug-likeness (QED) is 0.762. The molecule has 116 valence electrons. The molecule has 2 aromatic heterocycles. The van der Waals surface area contributed by atoms with Crippen LogP contribution < -0.4 is 5.32 Å². The van der Waals surface area contributed by atoms with E-state index in [0.29, 0.717) is 18.1 Å². The average molecular weight is 371 g/mol. The van der Waals surface area contributed by atoms with Crippen molar-refractivity contribution in [3.8, 4) is 0 Å². The van der Waals surface area contributed by atoms with Crippen LogP contribution in [0.5, 0.6) is 0 Å². The van der Waals surface area contributed by atoms with Gasteiger partial charge in [-0.25, -0.2) is 0 Å². The Morgan fingerprint density at radius 1 is 1.22 bits per heavy atom. The number of amides is 1. The SMILES string of the molecule is Cc1ccc(Cn2cc(Br)c(NC(=O)c3ccccn3)n2)cc1. The van der Waals surface area contributed by atoms with Gasteiger partial charge in [-0.3, -0.25) is 14.5 Å². The van der Waals surface area contributed by atoms with E-state index in [2.05, 4.69) is 62.5 Å². The van der Waals surface area contributed by atoms with E-state index in [1.54, 1.807) is 29.1 Å². The molecular formula is C17H15BrN4O. The summed E-state index contributed by atoms with van der Waals surface area (Å²) in [5.74, 6) is 0.194. The number of halogens is 1. The van der Waals surface area contributed by atoms with Crippen LogP contribution in [0.3, 0.4) is 0 Å². The zero-order valence-electron chi connectivity index (χ0n) is 12.5. The lowest BCUT2D eigenvalue weighted by molar-refractivity contribution is 0.102. The van der Waals surface area contributed by atoms with Crippen molar-refractivity contribution in [3.63, 3.8) is 0 Å². The Kier molecular flexibility index (Phi) is 4.52. The predicted molar refractivity (Wildman–Crippen MR) is 92.4 cm³/mol. The van der Waals surface area contributed by atoms with Crippen molar-refractivity contribution in [2.45, 2.75) is 13.5 Å². The molecule has 0 aliphatic rings. The monoisotopic (exact) mass is 370 g/mol. The highest BCUT2D eigenvalue weighted by molar-refractivity contribution is 9.10. The second kappa shape index (κ2) is 6.75. The summed E-state index contributed by atoms with van der Waals surface area (Å²) in [5, 5.41) is 7.16. The number of aryl methyl sites for hydroxylation is 1. The lowest BCUT2D eigenvalue weighted by Crippen LogP contribution is -2.14. The maximum absolute atomic E-state index is 12.1. The number of carbonyl (C=O) groups excluding carboxylic acids is 1. The van der Waals surface area contributed by atoms with Crippen LogP contribution in [0, 0.1) is 6.92 Å². The van der Waals surface area contributed by atoms with E-state index in [0.717, 1.165) is 10.0 Å². The molecule has 0 atom stereocenters. The van der Waals surface area contributed by atoms with Gasteiger partial charge in [0.25, 0.3) is 5.91 Å². The highest BCUT2D eigenvalue weighted by atomic mass is 79.9. The number of rotatable bonds is 4. The number of nitrogens with zero attached hydrogens (tertiary/aromatic N) is 3. The normalized spacial score (nSPS) is 10.5. The molecule has 0 aliphatic heterocycles. The molecule has 1 amide bonds. The lowest BCUT2D eigenvalue weighted by Gasteiger charge is -2.03. The van der Waals surface area contributed by atoms with Gasteiger partial charge in [-0.1, -0.05) is 35.9 Å². The molecule has 3 rings (SSSR count). The van der Waals surface area contributed by atoms with Crippen LogP contribution in [0.4, 0.5) is 5.82 Å². The van der Waals surface area contributed by atoms with Gasteiger partial charge in [0.1, 0.15) is 5.69 Å². The zero-order chi connectivity index (χ0) is 16.2. The molecule has 6 heteroatoms. The Labute approximate surface area is 142 Å². The van der Waals surface area contributed by atoms with Crippen LogP contribution in [-0.2, 0) is 6.54 Å². The van der Waals surface area contributed by atoms with Crippen LogP contribution in [0.2, 0.25) is 0 Å². The Balaban J connectivity index is 1.73. The van der Waals surface area contributed by atoms with Gasteiger partial charge in [-0.2, -0.15) is 5.10 Å². The van der Waals surface area contributed by atoms with Crippen molar-refractivity contribution < 1.29 is 4.79 Å². The number of nitrogens with one attached hydrogen (secondary N) is 1. The summed E-state index contributed by atoms with van der Waals surface area (Å²) >= 11 is 3.42. The summed E-state index contributed by atoms with van der Waals surface area (Å²) in [6.45, 7) is 2.69. The van der Waals surface area contributed by atoms with Gasteiger partial charge < -0.3 is 5.32 Å². The summed E-state index contributed by atoms with van der Waals surface area (Å²) in [6, 6.07) is 13.5. The minimum atomic E-state index is -0.285. The fraction of sp³-hybridized carbons (Fsp3) is 0.118. The Hall–Kier alpha value is -2.47. The Morgan fingerprint density at radius 2 is 2.00 bits per heavy atom. The second-order valence-corrected chi connectivity index (χ2v) is 6.03. The molecule has 23 heavy (non-hydrogen) atoms. The highest BCUT2D eigenvalue weighted by Crippen LogP contribution is 2.21. The van der Waals surface area contributed by atoms with Gasteiger partial charge in [0, 0.05) is 12.4 Å². The van der Waals surface area contributed by atoms with Gasteiger partial charge >= 0.3 is 0 Å². The van der Waals surface area contributed by atoms with Crippen molar-refractivity contribution in [3.05, 3.63) is 76.2 Å². The minimum absolute atomic E-state index is 0.285. The zero-order valence-corrected chi connectivity index (χ0v) is 14.1. The highest BCUT2D eigenvalue weighted by Gasteiger charge is 2.12. The number of anilines is 1. The topological polar surface area (TPSA) is 59.8 Å². The first-order chi connectivity index (χ1) is 11.1. The Bertz CT molecular complexity index is 812. The van der Waals surface area contributed by atoms with Crippen LogP contribution >= 0.6 is 15.9 Å². The first-order valence-corrected chi connectivity index (χ1v) is 7.92. The van der Waals surface area contributed by atoms with Crippen molar-refractivity contribution in [1.29, 1.82) is 0 Å². The number of carbonyl (C=O) groups is 1. The van der Waals surface area contributed by atoms with Gasteiger partial charge in [-0.05, 0) is 40.5 Å². The maximum atomic E-state index is 12.1. The standard InChI is InChI=1S/C17H15BrN4O/c1-12-5-7-13(8-6-12)10-22-11-14(18)16(21-22)20-17(23)15-4-2-3-9-19-15/h2-9,11H,10H2,1H3,(H,20,21,23). The molecule has 1 aromatic carbocycles. The second-order valence-electron chi connectivity index (χ2n) is 5.18. The molecule has 0 fully saturated rings. The molecule has 0 saturated carbocycles. The van der Waals surface area contributed by atoms with E-state index in [4.69, 9.17) is 0 Å². The third kappa shape index (κ3) is 3.84. The molecule has 0 bridgehead atoms. The predicted octanol–water partition coefficient (Wildman–Crippen LogP) is 3.65. The third-order valence-corrected chi connectivity index (χ3v) is 3.89. The van der Waals surface area contributed by atoms with E-state index in [9.17, 15) is 4.79 Å². The first kappa shape index (κ1) is 15.4. The van der Waals surface area contributed by atoms with Crippen LogP contribution in [0.15, 0.2) is 59.3 Å². The van der Waals surface area contributed by atoms with E-state index < -0.39 is 0 Å². The molecule has 0 radical (unpaired) electrons. The molecule has 0 spiro atoms. The van der Waals surface area contributed by atoms with Crippen LogP contribution in [-0.4, -0.2) is 20.7 Å². The molecule has 1 N–H and O–H groups in total. The molecule has 0 unspecified atom stereocenters. The van der Waals surface area contributed by atoms with Crippen LogP contribution in [0.25, 0.3) is 0 Å². The molecule has 0 aliphatic carbocycles. The lowest BCUT2D eigenvalue weighted by atomic mass is 10.1. The van der Waals surface area contributed by atoms with Gasteiger partial charge in [0.2, 0.25) is 0 Å². The Morgan fingerprint density at radius 3 is 2.70 bits per heavy atom. The average Bonchev–Trinajstić information content (AvgIpc) is 2.90. The number of benzene rings is 1. The maximum Gasteiger partial charge on any atom is 0.275 e.